The third-order valence-corrected chi connectivity index (χ3v) is 6.98. The lowest BCUT2D eigenvalue weighted by Crippen LogP contribution is -2.54. The molecule has 0 aliphatic carbocycles. The fourth-order valence-electron chi connectivity index (χ4n) is 3.77. The number of carbonyl (C=O) groups excluding carboxylic acids is 1. The van der Waals surface area contributed by atoms with Gasteiger partial charge in [0.25, 0.3) is 0 Å². The van der Waals surface area contributed by atoms with Crippen molar-refractivity contribution in [1.29, 1.82) is 0 Å². The zero-order valence-corrected chi connectivity index (χ0v) is 15.0. The van der Waals surface area contributed by atoms with Crippen molar-refractivity contribution >= 4 is 15.9 Å². The summed E-state index contributed by atoms with van der Waals surface area (Å²) in [4.78, 5) is 15.2. The first-order valence-electron chi connectivity index (χ1n) is 8.86. The van der Waals surface area contributed by atoms with Gasteiger partial charge in [0.2, 0.25) is 15.9 Å². The average Bonchev–Trinajstić information content (AvgIpc) is 2.62. The number of benzene rings is 1. The van der Waals surface area contributed by atoms with Crippen LogP contribution in [0.5, 0.6) is 0 Å². The first-order valence-corrected chi connectivity index (χ1v) is 10.3. The first-order chi connectivity index (χ1) is 11.5. The predicted molar refractivity (Wildman–Crippen MR) is 93.0 cm³/mol. The molecule has 0 N–H and O–H groups in total. The zero-order chi connectivity index (χ0) is 17.2. The van der Waals surface area contributed by atoms with Gasteiger partial charge in [-0.05, 0) is 43.7 Å². The molecular weight excluding hydrogens is 324 g/mol. The van der Waals surface area contributed by atoms with E-state index in [0.717, 1.165) is 38.8 Å². The largest absolute Gasteiger partial charge is 0.341 e. The summed E-state index contributed by atoms with van der Waals surface area (Å²) in [5.41, 5.74) is 0. The van der Waals surface area contributed by atoms with Crippen LogP contribution >= 0.6 is 0 Å². The fraction of sp³-hybridized carbons (Fsp3) is 0.611. The van der Waals surface area contributed by atoms with Crippen LogP contribution in [-0.2, 0) is 14.8 Å². The predicted octanol–water partition coefficient (Wildman–Crippen LogP) is 2.49. The molecule has 24 heavy (non-hydrogen) atoms. The maximum atomic E-state index is 13.0. The Morgan fingerprint density at radius 3 is 2.50 bits per heavy atom. The van der Waals surface area contributed by atoms with E-state index in [1.165, 1.54) is 4.31 Å². The van der Waals surface area contributed by atoms with E-state index in [1.54, 1.807) is 30.3 Å². The molecule has 1 amide bonds. The molecule has 2 saturated heterocycles. The molecule has 1 aromatic carbocycles. The number of rotatable bonds is 3. The van der Waals surface area contributed by atoms with Crippen molar-refractivity contribution in [2.75, 3.05) is 19.6 Å². The second kappa shape index (κ2) is 7.23. The van der Waals surface area contributed by atoms with Crippen LogP contribution in [0.1, 0.15) is 39.0 Å². The minimum Gasteiger partial charge on any atom is -0.341 e. The summed E-state index contributed by atoms with van der Waals surface area (Å²) in [7, 11) is -3.62. The molecule has 2 heterocycles. The Morgan fingerprint density at radius 1 is 1.04 bits per heavy atom. The number of nitrogens with zero attached hydrogens (tertiary/aromatic N) is 2. The van der Waals surface area contributed by atoms with Gasteiger partial charge in [0.1, 0.15) is 6.04 Å². The van der Waals surface area contributed by atoms with Crippen molar-refractivity contribution in [3.8, 4) is 0 Å². The molecule has 132 valence electrons. The molecule has 0 radical (unpaired) electrons. The molecule has 2 atom stereocenters. The van der Waals surface area contributed by atoms with E-state index in [4.69, 9.17) is 0 Å². The smallest absolute Gasteiger partial charge is 0.243 e. The Kier molecular flexibility index (Phi) is 5.25. The summed E-state index contributed by atoms with van der Waals surface area (Å²) in [5, 5.41) is 0. The third kappa shape index (κ3) is 3.49. The molecule has 3 rings (SSSR count). The molecule has 0 aromatic heterocycles. The van der Waals surface area contributed by atoms with Crippen molar-refractivity contribution in [3.63, 3.8) is 0 Å². The van der Waals surface area contributed by atoms with Crippen molar-refractivity contribution in [3.05, 3.63) is 30.3 Å². The minimum absolute atomic E-state index is 0.0132. The number of likely N-dealkylation sites (tertiary alicyclic amines) is 1. The number of hydrogen-bond acceptors (Lipinski definition) is 3. The zero-order valence-electron chi connectivity index (χ0n) is 14.2. The molecule has 2 unspecified atom stereocenters. The van der Waals surface area contributed by atoms with Gasteiger partial charge >= 0.3 is 0 Å². The molecule has 0 saturated carbocycles. The van der Waals surface area contributed by atoms with Crippen molar-refractivity contribution in [1.82, 2.24) is 9.21 Å². The molecule has 6 heteroatoms. The van der Waals surface area contributed by atoms with Gasteiger partial charge in [-0.2, -0.15) is 4.31 Å². The lowest BCUT2D eigenvalue weighted by molar-refractivity contribution is -0.138. The van der Waals surface area contributed by atoms with Gasteiger partial charge < -0.3 is 4.90 Å². The van der Waals surface area contributed by atoms with Gasteiger partial charge in [0.05, 0.1) is 4.90 Å². The number of sulfonamides is 1. The summed E-state index contributed by atoms with van der Waals surface area (Å²) in [5.74, 6) is 0.478. The van der Waals surface area contributed by atoms with Gasteiger partial charge in [0, 0.05) is 19.6 Å². The Balaban J connectivity index is 1.84. The quantitative estimate of drug-likeness (QED) is 0.841. The monoisotopic (exact) mass is 350 g/mol. The number of carbonyl (C=O) groups is 1. The van der Waals surface area contributed by atoms with Crippen molar-refractivity contribution < 1.29 is 13.2 Å². The van der Waals surface area contributed by atoms with E-state index < -0.39 is 16.1 Å². The normalized spacial score (nSPS) is 26.3. The maximum absolute atomic E-state index is 13.0. The highest BCUT2D eigenvalue weighted by Gasteiger charge is 2.39. The Hall–Kier alpha value is -1.40. The minimum atomic E-state index is -3.62. The van der Waals surface area contributed by atoms with Gasteiger partial charge in [-0.15, -0.1) is 0 Å². The average molecular weight is 350 g/mol. The lowest BCUT2D eigenvalue weighted by Gasteiger charge is -2.39. The van der Waals surface area contributed by atoms with Gasteiger partial charge in [-0.25, -0.2) is 8.42 Å². The van der Waals surface area contributed by atoms with Crippen LogP contribution in [0.15, 0.2) is 35.2 Å². The summed E-state index contributed by atoms with van der Waals surface area (Å²) < 4.78 is 27.4. The standard InChI is InChI=1S/C18H26N2O3S/c1-15-8-7-12-19(14-15)18(21)17-11-5-6-13-20(17)24(22,23)16-9-3-2-4-10-16/h2-4,9-10,15,17H,5-8,11-14H2,1H3. The van der Waals surface area contributed by atoms with Crippen LogP contribution in [0.25, 0.3) is 0 Å². The summed E-state index contributed by atoms with van der Waals surface area (Å²) in [6.07, 6.45) is 4.48. The van der Waals surface area contributed by atoms with E-state index in [1.807, 2.05) is 4.90 Å². The molecule has 2 aliphatic heterocycles. The van der Waals surface area contributed by atoms with Gasteiger partial charge in [-0.1, -0.05) is 31.5 Å². The summed E-state index contributed by atoms with van der Waals surface area (Å²) in [6, 6.07) is 7.91. The van der Waals surface area contributed by atoms with Crippen LogP contribution in [0, 0.1) is 5.92 Å². The first kappa shape index (κ1) is 17.4. The van der Waals surface area contributed by atoms with Crippen LogP contribution in [0.2, 0.25) is 0 Å². The third-order valence-electron chi connectivity index (χ3n) is 5.06. The Bertz CT molecular complexity index is 675. The fourth-order valence-corrected chi connectivity index (χ4v) is 5.44. The number of piperidine rings is 2. The van der Waals surface area contributed by atoms with E-state index >= 15 is 0 Å². The summed E-state index contributed by atoms with van der Waals surface area (Å²) in [6.45, 7) is 4.07. The van der Waals surface area contributed by atoms with E-state index in [0.29, 0.717) is 18.9 Å². The van der Waals surface area contributed by atoms with Crippen molar-refractivity contribution in [2.24, 2.45) is 5.92 Å². The molecule has 1 aromatic rings. The van der Waals surface area contributed by atoms with Crippen molar-refractivity contribution in [2.45, 2.75) is 50.0 Å². The molecule has 0 bridgehead atoms. The molecule has 2 aliphatic rings. The highest BCUT2D eigenvalue weighted by Crippen LogP contribution is 2.28. The second-order valence-electron chi connectivity index (χ2n) is 6.97. The number of hydrogen-bond donors (Lipinski definition) is 0. The van der Waals surface area contributed by atoms with Crippen LogP contribution in [0.3, 0.4) is 0 Å². The van der Waals surface area contributed by atoms with E-state index in [-0.39, 0.29) is 10.8 Å². The van der Waals surface area contributed by atoms with E-state index in [9.17, 15) is 13.2 Å². The topological polar surface area (TPSA) is 57.7 Å². The van der Waals surface area contributed by atoms with Crippen LogP contribution in [0.4, 0.5) is 0 Å². The Labute approximate surface area is 144 Å². The molecular formula is C18H26N2O3S. The second-order valence-corrected chi connectivity index (χ2v) is 8.86. The maximum Gasteiger partial charge on any atom is 0.243 e. The van der Waals surface area contributed by atoms with Gasteiger partial charge in [0.15, 0.2) is 0 Å². The van der Waals surface area contributed by atoms with E-state index in [2.05, 4.69) is 6.92 Å². The summed E-state index contributed by atoms with van der Waals surface area (Å²) >= 11 is 0. The molecule has 0 spiro atoms. The lowest BCUT2D eigenvalue weighted by atomic mass is 9.98. The van der Waals surface area contributed by atoms with Crippen LogP contribution < -0.4 is 0 Å². The molecule has 5 nitrogen and oxygen atoms in total. The Morgan fingerprint density at radius 2 is 1.79 bits per heavy atom. The van der Waals surface area contributed by atoms with Crippen LogP contribution in [-0.4, -0.2) is 49.2 Å². The number of amides is 1. The SMILES string of the molecule is CC1CCCN(C(=O)C2CCCCN2S(=O)(=O)c2ccccc2)C1. The van der Waals surface area contributed by atoms with Gasteiger partial charge in [-0.3, -0.25) is 4.79 Å². The molecule has 2 fully saturated rings. The highest BCUT2D eigenvalue weighted by atomic mass is 32.2. The highest BCUT2D eigenvalue weighted by molar-refractivity contribution is 7.89.